The average molecular weight is 403 g/mol. The zero-order chi connectivity index (χ0) is 19.2. The number of benzene rings is 2. The van der Waals surface area contributed by atoms with Crippen LogP contribution in [-0.4, -0.2) is 23.5 Å². The lowest BCUT2D eigenvalue weighted by atomic mass is 10.1. The highest BCUT2D eigenvalue weighted by Gasteiger charge is 2.11. The van der Waals surface area contributed by atoms with Gasteiger partial charge in [-0.2, -0.15) is 0 Å². The number of carbonyl (C=O) groups is 2. The zero-order valence-electron chi connectivity index (χ0n) is 14.2. The first-order valence-corrected chi connectivity index (χ1v) is 9.02. The Balaban J connectivity index is 1.47. The molecule has 0 aliphatic heterocycles. The number of rotatable bonds is 6. The lowest BCUT2D eigenvalue weighted by Crippen LogP contribution is -2.21. The number of anilines is 1. The first-order valence-electron chi connectivity index (χ1n) is 8.26. The largest absolute Gasteiger partial charge is 0.456 e. The van der Waals surface area contributed by atoms with Gasteiger partial charge in [0.1, 0.15) is 0 Å². The molecule has 0 fully saturated rings. The number of fused-ring (bicyclic) bond motifs is 1. The van der Waals surface area contributed by atoms with Gasteiger partial charge in [0.2, 0.25) is 0 Å². The van der Waals surface area contributed by atoms with Crippen molar-refractivity contribution in [2.45, 2.75) is 12.8 Å². The number of amides is 1. The van der Waals surface area contributed by atoms with Gasteiger partial charge in [-0.05, 0) is 30.3 Å². The molecule has 0 atom stereocenters. The van der Waals surface area contributed by atoms with Crippen LogP contribution in [0.25, 0.3) is 10.9 Å². The van der Waals surface area contributed by atoms with E-state index < -0.39 is 18.5 Å². The summed E-state index contributed by atoms with van der Waals surface area (Å²) in [5, 5.41) is 4.39. The van der Waals surface area contributed by atoms with Crippen molar-refractivity contribution in [3.05, 3.63) is 70.3 Å². The fourth-order valence-electron chi connectivity index (χ4n) is 2.48. The molecular formula is C20H16Cl2N2O3. The van der Waals surface area contributed by atoms with Crippen LogP contribution >= 0.6 is 23.2 Å². The van der Waals surface area contributed by atoms with Crippen molar-refractivity contribution in [2.24, 2.45) is 0 Å². The predicted octanol–water partition coefficient (Wildman–Crippen LogP) is 4.66. The number of halogens is 2. The summed E-state index contributed by atoms with van der Waals surface area (Å²) in [6, 6.07) is 16.3. The molecule has 1 amide bonds. The molecule has 1 aromatic heterocycles. The quantitative estimate of drug-likeness (QED) is 0.608. The fourth-order valence-corrected chi connectivity index (χ4v) is 2.81. The van der Waals surface area contributed by atoms with Crippen LogP contribution in [0, 0.1) is 0 Å². The number of aryl methyl sites for hydroxylation is 1. The minimum absolute atomic E-state index is 0.135. The molecule has 3 aromatic rings. The third-order valence-electron chi connectivity index (χ3n) is 3.81. The van der Waals surface area contributed by atoms with E-state index in [1.54, 1.807) is 12.1 Å². The standard InChI is InChI=1S/C20H16Cl2N2O3/c21-14-6-9-16(22)18(11-14)24-19(25)12-27-20(26)10-8-15-7-5-13-3-1-2-4-17(13)23-15/h1-7,9,11H,8,10,12H2,(H,24,25). The zero-order valence-corrected chi connectivity index (χ0v) is 15.8. The van der Waals surface area contributed by atoms with Gasteiger partial charge >= 0.3 is 5.97 Å². The van der Waals surface area contributed by atoms with Crippen LogP contribution in [0.15, 0.2) is 54.6 Å². The number of nitrogens with zero attached hydrogens (tertiary/aromatic N) is 1. The number of ether oxygens (including phenoxy) is 1. The van der Waals surface area contributed by atoms with E-state index in [0.717, 1.165) is 16.6 Å². The fraction of sp³-hybridized carbons (Fsp3) is 0.150. The summed E-state index contributed by atoms with van der Waals surface area (Å²) in [7, 11) is 0. The van der Waals surface area contributed by atoms with Gasteiger partial charge in [0.25, 0.3) is 5.91 Å². The second-order valence-electron chi connectivity index (χ2n) is 5.83. The van der Waals surface area contributed by atoms with E-state index in [1.165, 1.54) is 6.07 Å². The van der Waals surface area contributed by atoms with Gasteiger partial charge < -0.3 is 10.1 Å². The molecule has 0 aliphatic rings. The maximum absolute atomic E-state index is 11.9. The van der Waals surface area contributed by atoms with E-state index in [2.05, 4.69) is 10.3 Å². The van der Waals surface area contributed by atoms with Gasteiger partial charge in [-0.1, -0.05) is 47.5 Å². The highest BCUT2D eigenvalue weighted by Crippen LogP contribution is 2.25. The molecule has 0 radical (unpaired) electrons. The minimum atomic E-state index is -0.489. The van der Waals surface area contributed by atoms with E-state index in [4.69, 9.17) is 27.9 Å². The highest BCUT2D eigenvalue weighted by molar-refractivity contribution is 6.35. The molecule has 0 saturated carbocycles. The number of aromatic nitrogens is 1. The lowest BCUT2D eigenvalue weighted by molar-refractivity contribution is -0.147. The van der Waals surface area contributed by atoms with Crippen LogP contribution in [0.3, 0.4) is 0 Å². The highest BCUT2D eigenvalue weighted by atomic mass is 35.5. The summed E-state index contributed by atoms with van der Waals surface area (Å²) in [5.41, 5.74) is 2.03. The van der Waals surface area contributed by atoms with E-state index in [-0.39, 0.29) is 6.42 Å². The molecule has 7 heteroatoms. The third kappa shape index (κ3) is 5.42. The van der Waals surface area contributed by atoms with Crippen molar-refractivity contribution in [2.75, 3.05) is 11.9 Å². The topological polar surface area (TPSA) is 68.3 Å². The Morgan fingerprint density at radius 2 is 1.85 bits per heavy atom. The number of pyridine rings is 1. The number of hydrogen-bond acceptors (Lipinski definition) is 4. The molecule has 27 heavy (non-hydrogen) atoms. The Kier molecular flexibility index (Phi) is 6.27. The molecule has 3 rings (SSSR count). The van der Waals surface area contributed by atoms with Crippen molar-refractivity contribution in [3.8, 4) is 0 Å². The number of nitrogens with one attached hydrogen (secondary N) is 1. The van der Waals surface area contributed by atoms with Crippen molar-refractivity contribution in [1.29, 1.82) is 0 Å². The van der Waals surface area contributed by atoms with Crippen LogP contribution < -0.4 is 5.32 Å². The van der Waals surface area contributed by atoms with Crippen LogP contribution in [0.2, 0.25) is 10.0 Å². The molecule has 0 saturated heterocycles. The Hall–Kier alpha value is -2.63. The minimum Gasteiger partial charge on any atom is -0.456 e. The smallest absolute Gasteiger partial charge is 0.306 e. The van der Waals surface area contributed by atoms with Gasteiger partial charge in [0, 0.05) is 22.5 Å². The Morgan fingerprint density at radius 1 is 1.04 bits per heavy atom. The van der Waals surface area contributed by atoms with Gasteiger partial charge in [-0.3, -0.25) is 14.6 Å². The lowest BCUT2D eigenvalue weighted by Gasteiger charge is -2.08. The van der Waals surface area contributed by atoms with Gasteiger partial charge in [0.15, 0.2) is 6.61 Å². The summed E-state index contributed by atoms with van der Waals surface area (Å²) in [6.07, 6.45) is 0.571. The maximum atomic E-state index is 11.9. The normalized spacial score (nSPS) is 10.6. The molecule has 138 valence electrons. The van der Waals surface area contributed by atoms with Crippen molar-refractivity contribution >= 4 is 51.7 Å². The number of para-hydroxylation sites is 1. The monoisotopic (exact) mass is 402 g/mol. The molecule has 0 spiro atoms. The molecule has 1 N–H and O–H groups in total. The van der Waals surface area contributed by atoms with Crippen LogP contribution in [0.1, 0.15) is 12.1 Å². The third-order valence-corrected chi connectivity index (χ3v) is 4.37. The van der Waals surface area contributed by atoms with Gasteiger partial charge in [-0.15, -0.1) is 0 Å². The molecule has 0 aliphatic carbocycles. The van der Waals surface area contributed by atoms with Crippen LogP contribution in [0.4, 0.5) is 5.69 Å². The SMILES string of the molecule is O=C(COC(=O)CCc1ccc2ccccc2n1)Nc1cc(Cl)ccc1Cl. The van der Waals surface area contributed by atoms with E-state index in [9.17, 15) is 9.59 Å². The van der Waals surface area contributed by atoms with E-state index in [0.29, 0.717) is 22.2 Å². The van der Waals surface area contributed by atoms with Crippen LogP contribution in [-0.2, 0) is 20.7 Å². The van der Waals surface area contributed by atoms with Crippen molar-refractivity contribution in [1.82, 2.24) is 4.98 Å². The Morgan fingerprint density at radius 3 is 2.70 bits per heavy atom. The van der Waals surface area contributed by atoms with Gasteiger partial charge in [-0.25, -0.2) is 0 Å². The van der Waals surface area contributed by atoms with Crippen molar-refractivity contribution in [3.63, 3.8) is 0 Å². The first kappa shape index (κ1) is 19.1. The van der Waals surface area contributed by atoms with E-state index in [1.807, 2.05) is 36.4 Å². The summed E-state index contributed by atoms with van der Waals surface area (Å²) >= 11 is 11.8. The summed E-state index contributed by atoms with van der Waals surface area (Å²) < 4.78 is 5.00. The number of hydrogen-bond donors (Lipinski definition) is 1. The van der Waals surface area contributed by atoms with Gasteiger partial charge in [0.05, 0.1) is 22.6 Å². The summed E-state index contributed by atoms with van der Waals surface area (Å²) in [5.74, 6) is -0.964. The molecule has 2 aromatic carbocycles. The number of esters is 1. The van der Waals surface area contributed by atoms with E-state index >= 15 is 0 Å². The molecule has 5 nitrogen and oxygen atoms in total. The average Bonchev–Trinajstić information content (AvgIpc) is 2.67. The Labute approximate surface area is 166 Å². The molecular weight excluding hydrogens is 387 g/mol. The summed E-state index contributed by atoms with van der Waals surface area (Å²) in [6.45, 7) is -0.396. The maximum Gasteiger partial charge on any atom is 0.306 e. The predicted molar refractivity (Wildman–Crippen MR) is 106 cm³/mol. The molecule has 0 bridgehead atoms. The second kappa shape index (κ2) is 8.84. The number of carbonyl (C=O) groups excluding carboxylic acids is 2. The molecule has 0 unspecified atom stereocenters. The first-order chi connectivity index (χ1) is 13.0. The molecule has 1 heterocycles. The Bertz CT molecular complexity index is 992. The summed E-state index contributed by atoms with van der Waals surface area (Å²) in [4.78, 5) is 28.3. The van der Waals surface area contributed by atoms with Crippen molar-refractivity contribution < 1.29 is 14.3 Å². The van der Waals surface area contributed by atoms with Crippen LogP contribution in [0.5, 0.6) is 0 Å². The second-order valence-corrected chi connectivity index (χ2v) is 6.67.